The summed E-state index contributed by atoms with van der Waals surface area (Å²) in [6, 6.07) is 0. The molecule has 4 heteroatoms. The van der Waals surface area contributed by atoms with Gasteiger partial charge in [0.2, 0.25) is 0 Å². The molecule has 0 unspecified atom stereocenters. The molecule has 9 heavy (non-hydrogen) atoms. The third-order valence-electron chi connectivity index (χ3n) is 1.54. The molecule has 0 aromatic carbocycles. The maximum atomic E-state index is 11.6. The van der Waals surface area contributed by atoms with Crippen LogP contribution in [0.3, 0.4) is 0 Å². The van der Waals surface area contributed by atoms with Crippen molar-refractivity contribution in [2.75, 3.05) is 5.88 Å². The van der Waals surface area contributed by atoms with Crippen LogP contribution in [0.4, 0.5) is 13.2 Å². The Morgan fingerprint density at radius 2 is 2.00 bits per heavy atom. The first-order valence-corrected chi connectivity index (χ1v) is 3.22. The van der Waals surface area contributed by atoms with Gasteiger partial charge in [-0.2, -0.15) is 13.2 Å². The van der Waals surface area contributed by atoms with E-state index in [9.17, 15) is 13.2 Å². The summed E-state index contributed by atoms with van der Waals surface area (Å²) >= 11 is 5.20. The Morgan fingerprint density at radius 3 is 2.11 bits per heavy atom. The number of halogens is 4. The van der Waals surface area contributed by atoms with E-state index >= 15 is 0 Å². The molecular formula is C5H6ClF3. The molecule has 0 heterocycles. The van der Waals surface area contributed by atoms with Crippen LogP contribution in [0, 0.1) is 11.8 Å². The third-order valence-corrected chi connectivity index (χ3v) is 1.94. The van der Waals surface area contributed by atoms with E-state index < -0.39 is 12.1 Å². The summed E-state index contributed by atoms with van der Waals surface area (Å²) in [4.78, 5) is 0. The molecule has 0 saturated heterocycles. The Bertz CT molecular complexity index is 109. The zero-order chi connectivity index (χ0) is 7.07. The highest BCUT2D eigenvalue weighted by Crippen LogP contribution is 2.50. The second-order valence-corrected chi connectivity index (χ2v) is 2.61. The van der Waals surface area contributed by atoms with Crippen molar-refractivity contribution >= 4 is 11.6 Å². The van der Waals surface area contributed by atoms with Gasteiger partial charge in [0.25, 0.3) is 0 Å². The van der Waals surface area contributed by atoms with Crippen molar-refractivity contribution < 1.29 is 13.2 Å². The maximum Gasteiger partial charge on any atom is 0.392 e. The van der Waals surface area contributed by atoms with Crippen LogP contribution in [0.2, 0.25) is 0 Å². The molecule has 0 aliphatic heterocycles. The minimum absolute atomic E-state index is 0.143. The first-order valence-electron chi connectivity index (χ1n) is 2.68. The highest BCUT2D eigenvalue weighted by molar-refractivity contribution is 6.18. The molecule has 2 atom stereocenters. The molecule has 0 aromatic heterocycles. The van der Waals surface area contributed by atoms with Gasteiger partial charge in [-0.05, 0) is 12.3 Å². The van der Waals surface area contributed by atoms with Crippen LogP contribution in [0.1, 0.15) is 6.42 Å². The van der Waals surface area contributed by atoms with Crippen molar-refractivity contribution in [3.8, 4) is 0 Å². The molecule has 0 nitrogen and oxygen atoms in total. The minimum atomic E-state index is -4.00. The summed E-state index contributed by atoms with van der Waals surface area (Å²) in [5, 5.41) is 0. The molecule has 1 aliphatic carbocycles. The predicted molar refractivity (Wildman–Crippen MR) is 28.4 cm³/mol. The summed E-state index contributed by atoms with van der Waals surface area (Å²) < 4.78 is 34.9. The molecule has 0 spiro atoms. The number of hydrogen-bond donors (Lipinski definition) is 0. The number of rotatable bonds is 1. The average molecular weight is 159 g/mol. The summed E-state index contributed by atoms with van der Waals surface area (Å²) in [7, 11) is 0. The standard InChI is InChI=1S/C5H6ClF3/c6-2-3-1-4(3)5(7,8)9/h3-4H,1-2H2/t3-,4+/m0/s1. The van der Waals surface area contributed by atoms with Gasteiger partial charge in [0.15, 0.2) is 0 Å². The second-order valence-electron chi connectivity index (χ2n) is 2.30. The maximum absolute atomic E-state index is 11.6. The number of alkyl halides is 4. The Kier molecular flexibility index (Phi) is 1.63. The molecule has 0 N–H and O–H groups in total. The SMILES string of the molecule is FC(F)(F)[C@@H]1C[C@H]1CCl. The van der Waals surface area contributed by atoms with Gasteiger partial charge in [-0.3, -0.25) is 0 Å². The number of hydrogen-bond acceptors (Lipinski definition) is 0. The lowest BCUT2D eigenvalue weighted by molar-refractivity contribution is -0.150. The third kappa shape index (κ3) is 1.51. The smallest absolute Gasteiger partial charge is 0.171 e. The van der Waals surface area contributed by atoms with E-state index in [0.717, 1.165) is 0 Å². The van der Waals surface area contributed by atoms with Gasteiger partial charge in [-0.1, -0.05) is 0 Å². The van der Waals surface area contributed by atoms with Crippen molar-refractivity contribution in [2.24, 2.45) is 11.8 Å². The van der Waals surface area contributed by atoms with Crippen molar-refractivity contribution in [3.05, 3.63) is 0 Å². The van der Waals surface area contributed by atoms with Crippen molar-refractivity contribution in [1.29, 1.82) is 0 Å². The van der Waals surface area contributed by atoms with E-state index in [1.807, 2.05) is 0 Å². The van der Waals surface area contributed by atoms with Gasteiger partial charge >= 0.3 is 6.18 Å². The summed E-state index contributed by atoms with van der Waals surface area (Å²) in [6.07, 6.45) is -3.77. The zero-order valence-corrected chi connectivity index (χ0v) is 5.34. The van der Waals surface area contributed by atoms with Crippen LogP contribution >= 0.6 is 11.6 Å². The average Bonchev–Trinajstić information content (AvgIpc) is 2.39. The van der Waals surface area contributed by atoms with Crippen molar-refractivity contribution in [1.82, 2.24) is 0 Å². The van der Waals surface area contributed by atoms with E-state index in [4.69, 9.17) is 11.6 Å². The lowest BCUT2D eigenvalue weighted by Gasteiger charge is -2.02. The molecular weight excluding hydrogens is 153 g/mol. The van der Waals surface area contributed by atoms with E-state index in [2.05, 4.69) is 0 Å². The molecule has 54 valence electrons. The summed E-state index contributed by atoms with van der Waals surface area (Å²) in [5.41, 5.74) is 0. The van der Waals surface area contributed by atoms with E-state index in [1.165, 1.54) is 0 Å². The monoisotopic (exact) mass is 158 g/mol. The quantitative estimate of drug-likeness (QED) is 0.514. The first kappa shape index (κ1) is 7.19. The molecule has 0 amide bonds. The molecule has 0 aromatic rings. The van der Waals surface area contributed by atoms with Gasteiger partial charge in [-0.25, -0.2) is 0 Å². The molecule has 0 bridgehead atoms. The summed E-state index contributed by atoms with van der Waals surface area (Å²) in [6.45, 7) is 0. The van der Waals surface area contributed by atoms with Crippen LogP contribution in [0.15, 0.2) is 0 Å². The van der Waals surface area contributed by atoms with Gasteiger partial charge < -0.3 is 0 Å². The van der Waals surface area contributed by atoms with Gasteiger partial charge in [0.05, 0.1) is 5.92 Å². The largest absolute Gasteiger partial charge is 0.392 e. The second kappa shape index (κ2) is 2.04. The van der Waals surface area contributed by atoms with E-state index in [0.29, 0.717) is 0 Å². The Hall–Kier alpha value is 0.0800. The molecule has 1 rings (SSSR count). The van der Waals surface area contributed by atoms with Crippen LogP contribution in [-0.2, 0) is 0 Å². The van der Waals surface area contributed by atoms with Crippen LogP contribution in [-0.4, -0.2) is 12.1 Å². The van der Waals surface area contributed by atoms with Gasteiger partial charge in [-0.15, -0.1) is 11.6 Å². The van der Waals surface area contributed by atoms with E-state index in [1.54, 1.807) is 0 Å². The topological polar surface area (TPSA) is 0 Å². The molecule has 1 saturated carbocycles. The van der Waals surface area contributed by atoms with Gasteiger partial charge in [0, 0.05) is 5.88 Å². The summed E-state index contributed by atoms with van der Waals surface area (Å²) in [5.74, 6) is -1.26. The molecule has 1 fully saturated rings. The Morgan fingerprint density at radius 1 is 1.44 bits per heavy atom. The molecule has 1 aliphatic rings. The van der Waals surface area contributed by atoms with Crippen molar-refractivity contribution in [3.63, 3.8) is 0 Å². The fourth-order valence-corrected chi connectivity index (χ4v) is 1.16. The highest BCUT2D eigenvalue weighted by Gasteiger charge is 2.54. The van der Waals surface area contributed by atoms with E-state index in [-0.39, 0.29) is 18.2 Å². The molecule has 0 radical (unpaired) electrons. The van der Waals surface area contributed by atoms with Gasteiger partial charge in [0.1, 0.15) is 0 Å². The lowest BCUT2D eigenvalue weighted by Crippen LogP contribution is -2.12. The van der Waals surface area contributed by atoms with Crippen LogP contribution < -0.4 is 0 Å². The lowest BCUT2D eigenvalue weighted by atomic mass is 10.3. The minimum Gasteiger partial charge on any atom is -0.171 e. The van der Waals surface area contributed by atoms with Crippen LogP contribution in [0.25, 0.3) is 0 Å². The fourth-order valence-electron chi connectivity index (χ4n) is 0.819. The van der Waals surface area contributed by atoms with Crippen LogP contribution in [0.5, 0.6) is 0 Å². The zero-order valence-electron chi connectivity index (χ0n) is 4.58. The normalized spacial score (nSPS) is 34.7. The highest BCUT2D eigenvalue weighted by atomic mass is 35.5. The predicted octanol–water partition coefficient (Wildman–Crippen LogP) is 2.42. The Labute approximate surface area is 56.0 Å². The Balaban J connectivity index is 2.33. The fraction of sp³-hybridized carbons (Fsp3) is 1.00. The first-order chi connectivity index (χ1) is 4.05. The van der Waals surface area contributed by atoms with Crippen molar-refractivity contribution in [2.45, 2.75) is 12.6 Å².